The molecule has 0 aromatic carbocycles. The molecule has 0 saturated carbocycles. The van der Waals surface area contributed by atoms with Crippen molar-refractivity contribution in [2.45, 2.75) is 33.4 Å². The van der Waals surface area contributed by atoms with Crippen molar-refractivity contribution in [1.82, 2.24) is 14.5 Å². The Morgan fingerprint density at radius 2 is 2.31 bits per heavy atom. The molecule has 0 aliphatic rings. The molecule has 1 amide bonds. The van der Waals surface area contributed by atoms with E-state index in [9.17, 15) is 4.79 Å². The molecule has 2 N–H and O–H groups in total. The van der Waals surface area contributed by atoms with Crippen LogP contribution >= 0.6 is 0 Å². The van der Waals surface area contributed by atoms with Crippen molar-refractivity contribution in [2.75, 3.05) is 13.1 Å². The van der Waals surface area contributed by atoms with E-state index in [1.807, 2.05) is 25.3 Å². The molecule has 1 aromatic rings. The molecule has 0 spiro atoms. The molecule has 0 unspecified atom stereocenters. The molecule has 0 atom stereocenters. The summed E-state index contributed by atoms with van der Waals surface area (Å²) >= 11 is 0. The molecule has 0 aliphatic carbocycles. The molecule has 5 nitrogen and oxygen atoms in total. The highest BCUT2D eigenvalue weighted by atomic mass is 16.2. The summed E-state index contributed by atoms with van der Waals surface area (Å²) in [6, 6.07) is 0.192. The van der Waals surface area contributed by atoms with Crippen molar-refractivity contribution in [2.24, 2.45) is 5.73 Å². The second-order valence-corrected chi connectivity index (χ2v) is 3.97. The van der Waals surface area contributed by atoms with E-state index >= 15 is 0 Å². The van der Waals surface area contributed by atoms with Gasteiger partial charge in [-0.05, 0) is 20.8 Å². The minimum Gasteiger partial charge on any atom is -0.335 e. The molecule has 0 aliphatic heterocycles. The molecule has 0 saturated heterocycles. The van der Waals surface area contributed by atoms with Gasteiger partial charge in [0.1, 0.15) is 5.69 Å². The summed E-state index contributed by atoms with van der Waals surface area (Å²) in [6.45, 7) is 7.89. The first-order valence-corrected chi connectivity index (χ1v) is 5.63. The fraction of sp³-hybridized carbons (Fsp3) is 0.636. The summed E-state index contributed by atoms with van der Waals surface area (Å²) in [5.41, 5.74) is 5.93. The van der Waals surface area contributed by atoms with Crippen LogP contribution in [0.1, 0.15) is 31.3 Å². The van der Waals surface area contributed by atoms with Crippen LogP contribution in [0.25, 0.3) is 0 Å². The molecular weight excluding hydrogens is 204 g/mol. The Morgan fingerprint density at radius 1 is 1.62 bits per heavy atom. The smallest absolute Gasteiger partial charge is 0.274 e. The highest BCUT2D eigenvalue weighted by Crippen LogP contribution is 2.06. The third-order valence-electron chi connectivity index (χ3n) is 2.46. The van der Waals surface area contributed by atoms with Crippen molar-refractivity contribution in [3.8, 4) is 0 Å². The summed E-state index contributed by atoms with van der Waals surface area (Å²) in [6.07, 6.45) is 3.40. The zero-order chi connectivity index (χ0) is 12.1. The maximum atomic E-state index is 12.1. The number of amides is 1. The Bertz CT molecular complexity index is 346. The van der Waals surface area contributed by atoms with Crippen molar-refractivity contribution in [3.63, 3.8) is 0 Å². The Hall–Kier alpha value is -1.36. The molecule has 1 heterocycles. The highest BCUT2D eigenvalue weighted by Gasteiger charge is 2.18. The molecule has 1 rings (SSSR count). The third-order valence-corrected chi connectivity index (χ3v) is 2.46. The molecule has 0 radical (unpaired) electrons. The van der Waals surface area contributed by atoms with Gasteiger partial charge in [0.15, 0.2) is 0 Å². The number of hydrogen-bond acceptors (Lipinski definition) is 3. The van der Waals surface area contributed by atoms with Crippen LogP contribution < -0.4 is 5.73 Å². The van der Waals surface area contributed by atoms with Gasteiger partial charge in [0.05, 0.1) is 6.33 Å². The van der Waals surface area contributed by atoms with Crippen molar-refractivity contribution in [1.29, 1.82) is 0 Å². The SMILES string of the molecule is CCN(C(=O)c1cn(CCN)cn1)C(C)C. The molecule has 16 heavy (non-hydrogen) atoms. The predicted molar refractivity (Wildman–Crippen MR) is 63.1 cm³/mol. The second-order valence-electron chi connectivity index (χ2n) is 3.97. The molecular formula is C11H20N4O. The summed E-state index contributed by atoms with van der Waals surface area (Å²) in [4.78, 5) is 17.9. The summed E-state index contributed by atoms with van der Waals surface area (Å²) in [5, 5.41) is 0. The van der Waals surface area contributed by atoms with Crippen LogP contribution in [0.3, 0.4) is 0 Å². The van der Waals surface area contributed by atoms with Crippen molar-refractivity contribution in [3.05, 3.63) is 18.2 Å². The van der Waals surface area contributed by atoms with E-state index in [-0.39, 0.29) is 11.9 Å². The van der Waals surface area contributed by atoms with Crippen LogP contribution in [0, 0.1) is 0 Å². The zero-order valence-electron chi connectivity index (χ0n) is 10.2. The number of imidazole rings is 1. The number of carbonyl (C=O) groups is 1. The summed E-state index contributed by atoms with van der Waals surface area (Å²) in [5.74, 6) is -0.0201. The minimum atomic E-state index is -0.0201. The highest BCUT2D eigenvalue weighted by molar-refractivity contribution is 5.92. The number of hydrogen-bond donors (Lipinski definition) is 1. The summed E-state index contributed by atoms with van der Waals surface area (Å²) in [7, 11) is 0. The molecule has 5 heteroatoms. The quantitative estimate of drug-likeness (QED) is 0.801. The van der Waals surface area contributed by atoms with E-state index in [1.165, 1.54) is 0 Å². The van der Waals surface area contributed by atoms with Gasteiger partial charge in [-0.2, -0.15) is 0 Å². The Labute approximate surface area is 96.3 Å². The normalized spacial score (nSPS) is 10.8. The second kappa shape index (κ2) is 5.65. The Morgan fingerprint density at radius 3 is 2.81 bits per heavy atom. The fourth-order valence-corrected chi connectivity index (χ4v) is 1.63. The fourth-order valence-electron chi connectivity index (χ4n) is 1.63. The van der Waals surface area contributed by atoms with Crippen LogP contribution in [0.4, 0.5) is 0 Å². The van der Waals surface area contributed by atoms with E-state index < -0.39 is 0 Å². The van der Waals surface area contributed by atoms with Gasteiger partial charge in [-0.1, -0.05) is 0 Å². The van der Waals surface area contributed by atoms with Crippen LogP contribution in [-0.4, -0.2) is 39.5 Å². The number of aromatic nitrogens is 2. The largest absolute Gasteiger partial charge is 0.335 e. The maximum absolute atomic E-state index is 12.1. The van der Waals surface area contributed by atoms with Gasteiger partial charge in [0, 0.05) is 31.9 Å². The van der Waals surface area contributed by atoms with Crippen molar-refractivity contribution < 1.29 is 4.79 Å². The van der Waals surface area contributed by atoms with E-state index in [0.717, 1.165) is 0 Å². The van der Waals surface area contributed by atoms with Gasteiger partial charge in [0.25, 0.3) is 5.91 Å². The molecule has 0 bridgehead atoms. The first-order chi connectivity index (χ1) is 7.60. The molecule has 90 valence electrons. The average molecular weight is 224 g/mol. The first kappa shape index (κ1) is 12.7. The van der Waals surface area contributed by atoms with Gasteiger partial charge in [-0.3, -0.25) is 4.79 Å². The number of nitrogens with two attached hydrogens (primary N) is 1. The lowest BCUT2D eigenvalue weighted by molar-refractivity contribution is 0.0711. The van der Waals surface area contributed by atoms with Gasteiger partial charge < -0.3 is 15.2 Å². The minimum absolute atomic E-state index is 0.0201. The average Bonchev–Trinajstić information content (AvgIpc) is 2.67. The topological polar surface area (TPSA) is 64.2 Å². The van der Waals surface area contributed by atoms with Crippen LogP contribution in [0.2, 0.25) is 0 Å². The Balaban J connectivity index is 2.78. The standard InChI is InChI=1S/C11H20N4O/c1-4-15(9(2)3)11(16)10-7-14(6-5-12)8-13-10/h7-9H,4-6,12H2,1-3H3. The summed E-state index contributed by atoms with van der Waals surface area (Å²) < 4.78 is 1.83. The predicted octanol–water partition coefficient (Wildman–Crippen LogP) is 0.712. The monoisotopic (exact) mass is 224 g/mol. The first-order valence-electron chi connectivity index (χ1n) is 5.63. The number of rotatable bonds is 5. The lowest BCUT2D eigenvalue weighted by Crippen LogP contribution is -2.36. The van der Waals surface area contributed by atoms with Gasteiger partial charge in [0.2, 0.25) is 0 Å². The maximum Gasteiger partial charge on any atom is 0.274 e. The van der Waals surface area contributed by atoms with Crippen LogP contribution in [0.5, 0.6) is 0 Å². The van der Waals surface area contributed by atoms with Gasteiger partial charge in [-0.15, -0.1) is 0 Å². The third kappa shape index (κ3) is 2.82. The lowest BCUT2D eigenvalue weighted by Gasteiger charge is -2.24. The van der Waals surface area contributed by atoms with E-state index in [1.54, 1.807) is 17.4 Å². The van der Waals surface area contributed by atoms with Gasteiger partial charge >= 0.3 is 0 Å². The van der Waals surface area contributed by atoms with E-state index in [4.69, 9.17) is 5.73 Å². The lowest BCUT2D eigenvalue weighted by atomic mass is 10.3. The molecule has 1 aromatic heterocycles. The van der Waals surface area contributed by atoms with E-state index in [2.05, 4.69) is 4.98 Å². The Kier molecular flexibility index (Phi) is 4.49. The van der Waals surface area contributed by atoms with Crippen LogP contribution in [0.15, 0.2) is 12.5 Å². The van der Waals surface area contributed by atoms with E-state index in [0.29, 0.717) is 25.3 Å². The molecule has 0 fully saturated rings. The number of carbonyl (C=O) groups excluding carboxylic acids is 1. The van der Waals surface area contributed by atoms with Gasteiger partial charge in [-0.25, -0.2) is 4.98 Å². The number of nitrogens with zero attached hydrogens (tertiary/aromatic N) is 3. The van der Waals surface area contributed by atoms with Crippen LogP contribution in [-0.2, 0) is 6.54 Å². The zero-order valence-corrected chi connectivity index (χ0v) is 10.2. The van der Waals surface area contributed by atoms with Crippen molar-refractivity contribution >= 4 is 5.91 Å².